The van der Waals surface area contributed by atoms with Crippen LogP contribution in [-0.4, -0.2) is 39.2 Å². The predicted octanol–water partition coefficient (Wildman–Crippen LogP) is 2.94. The number of carbonyl (C=O) groups is 1. The molecule has 0 bridgehead atoms. The van der Waals surface area contributed by atoms with E-state index < -0.39 is 0 Å². The molecule has 0 saturated heterocycles. The van der Waals surface area contributed by atoms with Crippen molar-refractivity contribution in [3.8, 4) is 10.7 Å². The van der Waals surface area contributed by atoms with Crippen molar-refractivity contribution in [3.05, 3.63) is 17.8 Å². The van der Waals surface area contributed by atoms with Gasteiger partial charge in [-0.25, -0.2) is 9.78 Å². The molecule has 2 amide bonds. The Balaban J connectivity index is 1.72. The average molecular weight is 291 g/mol. The average Bonchev–Trinajstić information content (AvgIpc) is 3.19. The van der Waals surface area contributed by atoms with E-state index in [0.717, 1.165) is 23.5 Å². The number of rotatable bonds is 3. The Morgan fingerprint density at radius 3 is 3.00 bits per heavy atom. The second kappa shape index (κ2) is 5.62. The highest BCUT2D eigenvalue weighted by atomic mass is 32.1. The van der Waals surface area contributed by atoms with Crippen LogP contribution in [-0.2, 0) is 0 Å². The third-order valence-electron chi connectivity index (χ3n) is 3.72. The molecule has 1 aliphatic carbocycles. The van der Waals surface area contributed by atoms with E-state index >= 15 is 0 Å². The minimum absolute atomic E-state index is 0.0869. The van der Waals surface area contributed by atoms with Crippen molar-refractivity contribution in [2.24, 2.45) is 0 Å². The van der Waals surface area contributed by atoms with Crippen LogP contribution in [0.4, 0.5) is 10.5 Å². The number of nitrogens with zero attached hydrogens (tertiary/aromatic N) is 3. The standard InChI is InChI=1S/C13H17N5OS/c1-18(9-4-2-3-5-9)13(19)16-10-8-15-17-11(10)12-14-6-7-20-12/h6-9H,2-5H2,1H3,(H,15,17)(H,16,19). The van der Waals surface area contributed by atoms with Gasteiger partial charge in [0.1, 0.15) is 10.7 Å². The summed E-state index contributed by atoms with van der Waals surface area (Å²) >= 11 is 1.51. The van der Waals surface area contributed by atoms with Gasteiger partial charge in [-0.15, -0.1) is 11.3 Å². The third kappa shape index (κ3) is 2.53. The zero-order valence-corrected chi connectivity index (χ0v) is 12.1. The van der Waals surface area contributed by atoms with Gasteiger partial charge in [0.2, 0.25) is 0 Å². The van der Waals surface area contributed by atoms with E-state index in [1.807, 2.05) is 12.4 Å². The molecule has 2 heterocycles. The Kier molecular flexibility index (Phi) is 3.68. The van der Waals surface area contributed by atoms with E-state index in [2.05, 4.69) is 20.5 Å². The molecule has 0 unspecified atom stereocenters. The number of thiazole rings is 1. The van der Waals surface area contributed by atoms with Gasteiger partial charge in [0.25, 0.3) is 0 Å². The third-order valence-corrected chi connectivity index (χ3v) is 4.51. The van der Waals surface area contributed by atoms with E-state index in [4.69, 9.17) is 0 Å². The van der Waals surface area contributed by atoms with Crippen molar-refractivity contribution < 1.29 is 4.79 Å². The van der Waals surface area contributed by atoms with Gasteiger partial charge in [0.05, 0.1) is 11.9 Å². The smallest absolute Gasteiger partial charge is 0.321 e. The number of aromatic nitrogens is 3. The highest BCUT2D eigenvalue weighted by Gasteiger charge is 2.24. The van der Waals surface area contributed by atoms with Crippen molar-refractivity contribution in [2.75, 3.05) is 12.4 Å². The van der Waals surface area contributed by atoms with Crippen LogP contribution in [0, 0.1) is 0 Å². The summed E-state index contributed by atoms with van der Waals surface area (Å²) in [6.45, 7) is 0. The van der Waals surface area contributed by atoms with Crippen LogP contribution in [0.1, 0.15) is 25.7 Å². The molecule has 0 spiro atoms. The molecule has 0 radical (unpaired) electrons. The minimum Gasteiger partial charge on any atom is -0.325 e. The zero-order valence-electron chi connectivity index (χ0n) is 11.3. The molecule has 1 saturated carbocycles. The lowest BCUT2D eigenvalue weighted by atomic mass is 10.2. The second-order valence-electron chi connectivity index (χ2n) is 4.98. The van der Waals surface area contributed by atoms with E-state index in [1.165, 1.54) is 24.2 Å². The lowest BCUT2D eigenvalue weighted by molar-refractivity contribution is 0.205. The molecule has 0 aliphatic heterocycles. The quantitative estimate of drug-likeness (QED) is 0.913. The Labute approximate surface area is 121 Å². The fourth-order valence-electron chi connectivity index (χ4n) is 2.55. The van der Waals surface area contributed by atoms with Gasteiger partial charge in [-0.1, -0.05) is 12.8 Å². The molecule has 1 aliphatic rings. The maximum absolute atomic E-state index is 12.3. The number of anilines is 1. The first-order valence-electron chi connectivity index (χ1n) is 6.73. The van der Waals surface area contributed by atoms with Gasteiger partial charge < -0.3 is 10.2 Å². The topological polar surface area (TPSA) is 73.9 Å². The van der Waals surface area contributed by atoms with Crippen molar-refractivity contribution in [3.63, 3.8) is 0 Å². The highest BCUT2D eigenvalue weighted by molar-refractivity contribution is 7.13. The molecule has 0 atom stereocenters. The van der Waals surface area contributed by atoms with Gasteiger partial charge in [-0.2, -0.15) is 5.10 Å². The summed E-state index contributed by atoms with van der Waals surface area (Å²) in [4.78, 5) is 18.3. The molecule has 7 heteroatoms. The van der Waals surface area contributed by atoms with Gasteiger partial charge in [0.15, 0.2) is 0 Å². The molecule has 2 aromatic heterocycles. The normalized spacial score (nSPS) is 15.4. The van der Waals surface area contributed by atoms with Gasteiger partial charge in [-0.3, -0.25) is 5.10 Å². The van der Waals surface area contributed by atoms with E-state index in [-0.39, 0.29) is 6.03 Å². The van der Waals surface area contributed by atoms with Crippen LogP contribution in [0.5, 0.6) is 0 Å². The van der Waals surface area contributed by atoms with Crippen LogP contribution in [0.25, 0.3) is 10.7 Å². The number of urea groups is 1. The monoisotopic (exact) mass is 291 g/mol. The number of hydrogen-bond donors (Lipinski definition) is 2. The Morgan fingerprint density at radius 2 is 2.30 bits per heavy atom. The fraction of sp³-hybridized carbons (Fsp3) is 0.462. The molecule has 2 aromatic rings. The van der Waals surface area contributed by atoms with E-state index in [1.54, 1.807) is 17.3 Å². The first-order valence-corrected chi connectivity index (χ1v) is 7.60. The van der Waals surface area contributed by atoms with Crippen molar-refractivity contribution in [1.82, 2.24) is 20.1 Å². The predicted molar refractivity (Wildman–Crippen MR) is 78.7 cm³/mol. The zero-order chi connectivity index (χ0) is 13.9. The number of nitrogens with one attached hydrogen (secondary N) is 2. The maximum Gasteiger partial charge on any atom is 0.321 e. The molecule has 0 aromatic carbocycles. The van der Waals surface area contributed by atoms with Gasteiger partial charge in [0, 0.05) is 24.7 Å². The number of carbonyl (C=O) groups excluding carboxylic acids is 1. The van der Waals surface area contributed by atoms with E-state index in [0.29, 0.717) is 11.7 Å². The summed E-state index contributed by atoms with van der Waals surface area (Å²) in [5.74, 6) is 0. The first-order chi connectivity index (χ1) is 9.75. The van der Waals surface area contributed by atoms with Gasteiger partial charge in [-0.05, 0) is 12.8 Å². The van der Waals surface area contributed by atoms with Crippen molar-refractivity contribution in [2.45, 2.75) is 31.7 Å². The van der Waals surface area contributed by atoms with Crippen molar-refractivity contribution in [1.29, 1.82) is 0 Å². The second-order valence-corrected chi connectivity index (χ2v) is 5.87. The molecular formula is C13H17N5OS. The SMILES string of the molecule is CN(C(=O)Nc1cn[nH]c1-c1nccs1)C1CCCC1. The summed E-state index contributed by atoms with van der Waals surface area (Å²) in [5.41, 5.74) is 1.43. The maximum atomic E-state index is 12.3. The summed E-state index contributed by atoms with van der Waals surface area (Å²) in [6, 6.07) is 0.265. The summed E-state index contributed by atoms with van der Waals surface area (Å²) in [7, 11) is 1.86. The fourth-order valence-corrected chi connectivity index (χ4v) is 3.20. The molecule has 2 N–H and O–H groups in total. The van der Waals surface area contributed by atoms with Crippen molar-refractivity contribution >= 4 is 23.1 Å². The Hall–Kier alpha value is -1.89. The molecular weight excluding hydrogens is 274 g/mol. The highest BCUT2D eigenvalue weighted by Crippen LogP contribution is 2.28. The largest absolute Gasteiger partial charge is 0.325 e. The lowest BCUT2D eigenvalue weighted by Crippen LogP contribution is -2.38. The number of H-pyrrole nitrogens is 1. The number of aromatic amines is 1. The number of hydrogen-bond acceptors (Lipinski definition) is 4. The minimum atomic E-state index is -0.0869. The molecule has 20 heavy (non-hydrogen) atoms. The molecule has 106 valence electrons. The van der Waals surface area contributed by atoms with Gasteiger partial charge >= 0.3 is 6.03 Å². The summed E-state index contributed by atoms with van der Waals surface area (Å²) in [6.07, 6.45) is 7.95. The van der Waals surface area contributed by atoms with Crippen LogP contribution in [0.15, 0.2) is 17.8 Å². The molecule has 6 nitrogen and oxygen atoms in total. The first kappa shape index (κ1) is 13.1. The van der Waals surface area contributed by atoms with Crippen LogP contribution in [0.3, 0.4) is 0 Å². The van der Waals surface area contributed by atoms with Crippen LogP contribution in [0.2, 0.25) is 0 Å². The van der Waals surface area contributed by atoms with Crippen LogP contribution < -0.4 is 5.32 Å². The Bertz CT molecular complexity index is 573. The van der Waals surface area contributed by atoms with E-state index in [9.17, 15) is 4.79 Å². The summed E-state index contributed by atoms with van der Waals surface area (Å²) in [5, 5.41) is 12.5. The van der Waals surface area contributed by atoms with Crippen LogP contribution >= 0.6 is 11.3 Å². The molecule has 3 rings (SSSR count). The Morgan fingerprint density at radius 1 is 1.50 bits per heavy atom. The number of amides is 2. The summed E-state index contributed by atoms with van der Waals surface area (Å²) < 4.78 is 0. The molecule has 1 fully saturated rings. The lowest BCUT2D eigenvalue weighted by Gasteiger charge is -2.24.